The molecule has 18 heavy (non-hydrogen) atoms. The van der Waals surface area contributed by atoms with Crippen LogP contribution in [-0.4, -0.2) is 55.6 Å². The summed E-state index contributed by atoms with van der Waals surface area (Å²) in [7, 11) is 0. The highest BCUT2D eigenvalue weighted by Crippen LogP contribution is 2.13. The molecule has 0 aromatic rings. The first-order valence-electron chi connectivity index (χ1n) is 6.78. The topological polar surface area (TPSA) is 41.6 Å². The zero-order valence-corrected chi connectivity index (χ0v) is 12.2. The minimum atomic E-state index is 0.0482. The Balaban J connectivity index is 2.41. The van der Waals surface area contributed by atoms with Gasteiger partial charge in [0.15, 0.2) is 0 Å². The number of nitrogens with zero attached hydrogens (tertiary/aromatic N) is 1. The van der Waals surface area contributed by atoms with E-state index in [1.54, 1.807) is 0 Å². The van der Waals surface area contributed by atoms with Crippen LogP contribution >= 0.6 is 11.6 Å². The summed E-state index contributed by atoms with van der Waals surface area (Å²) in [5, 5.41) is 2.98. The summed E-state index contributed by atoms with van der Waals surface area (Å²) in [6.45, 7) is 8.66. The first-order chi connectivity index (χ1) is 8.63. The lowest BCUT2D eigenvalue weighted by molar-refractivity contribution is -0.121. The molecule has 1 aliphatic heterocycles. The van der Waals surface area contributed by atoms with E-state index in [2.05, 4.69) is 24.1 Å². The van der Waals surface area contributed by atoms with E-state index in [0.717, 1.165) is 32.7 Å². The third-order valence-electron chi connectivity index (χ3n) is 3.16. The molecule has 1 N–H and O–H groups in total. The molecule has 0 saturated carbocycles. The van der Waals surface area contributed by atoms with Gasteiger partial charge in [-0.2, -0.15) is 0 Å². The number of halogens is 1. The van der Waals surface area contributed by atoms with Gasteiger partial charge in [0.1, 0.15) is 0 Å². The van der Waals surface area contributed by atoms with Crippen molar-refractivity contribution in [1.29, 1.82) is 0 Å². The molecule has 1 atom stereocenters. The Morgan fingerprint density at radius 3 is 2.61 bits per heavy atom. The van der Waals surface area contributed by atoms with Crippen molar-refractivity contribution in [3.63, 3.8) is 0 Å². The fraction of sp³-hybridized carbons (Fsp3) is 0.923. The zero-order valence-electron chi connectivity index (χ0n) is 11.5. The Hall–Kier alpha value is -0.320. The van der Waals surface area contributed by atoms with Gasteiger partial charge in [-0.1, -0.05) is 13.8 Å². The molecule has 1 rings (SSSR count). The lowest BCUT2D eigenvalue weighted by Crippen LogP contribution is -2.49. The van der Waals surface area contributed by atoms with Crippen LogP contribution in [0.5, 0.6) is 0 Å². The quantitative estimate of drug-likeness (QED) is 0.716. The Kier molecular flexibility index (Phi) is 7.63. The van der Waals surface area contributed by atoms with Gasteiger partial charge in [0.2, 0.25) is 5.91 Å². The zero-order chi connectivity index (χ0) is 13.4. The third-order valence-corrected chi connectivity index (χ3v) is 3.35. The summed E-state index contributed by atoms with van der Waals surface area (Å²) in [5.41, 5.74) is 0. The monoisotopic (exact) mass is 276 g/mol. The Morgan fingerprint density at radius 2 is 2.06 bits per heavy atom. The second kappa shape index (κ2) is 8.73. The number of amides is 1. The van der Waals surface area contributed by atoms with Gasteiger partial charge in [-0.15, -0.1) is 11.6 Å². The summed E-state index contributed by atoms with van der Waals surface area (Å²) >= 11 is 5.56. The van der Waals surface area contributed by atoms with E-state index in [1.165, 1.54) is 0 Å². The van der Waals surface area contributed by atoms with Gasteiger partial charge in [-0.25, -0.2) is 0 Å². The fourth-order valence-electron chi connectivity index (χ4n) is 2.25. The van der Waals surface area contributed by atoms with Gasteiger partial charge in [0.25, 0.3) is 0 Å². The predicted molar refractivity (Wildman–Crippen MR) is 74.0 cm³/mol. The molecule has 1 amide bonds. The number of nitrogens with one attached hydrogen (secondary N) is 1. The highest BCUT2D eigenvalue weighted by atomic mass is 35.5. The van der Waals surface area contributed by atoms with Crippen molar-refractivity contribution in [2.75, 3.05) is 38.7 Å². The Bertz CT molecular complexity index is 243. The number of alkyl halides is 1. The molecule has 1 unspecified atom stereocenters. The standard InChI is InChI=1S/C13H25ClN2O2/c1-11(2)9-12(10-15-13(17)3-4-14)16-5-7-18-8-6-16/h11-12H,3-10H2,1-2H3,(H,15,17). The van der Waals surface area contributed by atoms with Crippen molar-refractivity contribution in [3.8, 4) is 0 Å². The number of hydrogen-bond donors (Lipinski definition) is 1. The molecular weight excluding hydrogens is 252 g/mol. The van der Waals surface area contributed by atoms with Gasteiger partial charge in [-0.05, 0) is 12.3 Å². The van der Waals surface area contributed by atoms with Gasteiger partial charge < -0.3 is 10.1 Å². The Morgan fingerprint density at radius 1 is 1.39 bits per heavy atom. The minimum Gasteiger partial charge on any atom is -0.379 e. The molecule has 1 fully saturated rings. The minimum absolute atomic E-state index is 0.0482. The van der Waals surface area contributed by atoms with Crippen molar-refractivity contribution >= 4 is 17.5 Å². The Labute approximate surface area is 115 Å². The van der Waals surface area contributed by atoms with Crippen LogP contribution in [0.15, 0.2) is 0 Å². The molecule has 0 aliphatic carbocycles. The fourth-order valence-corrected chi connectivity index (χ4v) is 2.43. The highest BCUT2D eigenvalue weighted by Gasteiger charge is 2.22. The number of ether oxygens (including phenoxy) is 1. The second-order valence-electron chi connectivity index (χ2n) is 5.17. The van der Waals surface area contributed by atoms with E-state index >= 15 is 0 Å². The molecule has 0 aromatic carbocycles. The molecule has 5 heteroatoms. The van der Waals surface area contributed by atoms with Crippen LogP contribution < -0.4 is 5.32 Å². The van der Waals surface area contributed by atoms with Crippen LogP contribution in [0.25, 0.3) is 0 Å². The number of carbonyl (C=O) groups excluding carboxylic acids is 1. The van der Waals surface area contributed by atoms with Crippen molar-refractivity contribution in [2.45, 2.75) is 32.7 Å². The van der Waals surface area contributed by atoms with E-state index in [-0.39, 0.29) is 5.91 Å². The van der Waals surface area contributed by atoms with E-state index in [0.29, 0.717) is 30.8 Å². The van der Waals surface area contributed by atoms with Crippen molar-refractivity contribution in [3.05, 3.63) is 0 Å². The predicted octanol–water partition coefficient (Wildman–Crippen LogP) is 1.48. The van der Waals surface area contributed by atoms with E-state index in [1.807, 2.05) is 0 Å². The molecule has 106 valence electrons. The van der Waals surface area contributed by atoms with Crippen molar-refractivity contribution < 1.29 is 9.53 Å². The van der Waals surface area contributed by atoms with Crippen LogP contribution in [0.1, 0.15) is 26.7 Å². The van der Waals surface area contributed by atoms with Crippen LogP contribution in [0, 0.1) is 5.92 Å². The van der Waals surface area contributed by atoms with Gasteiger partial charge in [-0.3, -0.25) is 9.69 Å². The van der Waals surface area contributed by atoms with Gasteiger partial charge in [0, 0.05) is 38.0 Å². The summed E-state index contributed by atoms with van der Waals surface area (Å²) < 4.78 is 5.37. The van der Waals surface area contributed by atoms with Gasteiger partial charge in [0.05, 0.1) is 13.2 Å². The molecule has 4 nitrogen and oxygen atoms in total. The van der Waals surface area contributed by atoms with Crippen molar-refractivity contribution in [2.24, 2.45) is 5.92 Å². The maximum atomic E-state index is 11.5. The average molecular weight is 277 g/mol. The van der Waals surface area contributed by atoms with E-state index < -0.39 is 0 Å². The van der Waals surface area contributed by atoms with Crippen molar-refractivity contribution in [1.82, 2.24) is 10.2 Å². The molecule has 1 aliphatic rings. The average Bonchev–Trinajstić information content (AvgIpc) is 2.35. The van der Waals surface area contributed by atoms with Gasteiger partial charge >= 0.3 is 0 Å². The molecule has 0 aromatic heterocycles. The highest BCUT2D eigenvalue weighted by molar-refractivity contribution is 6.18. The molecule has 0 bridgehead atoms. The lowest BCUT2D eigenvalue weighted by Gasteiger charge is -2.35. The lowest BCUT2D eigenvalue weighted by atomic mass is 10.0. The normalized spacial score (nSPS) is 18.9. The van der Waals surface area contributed by atoms with E-state index in [4.69, 9.17) is 16.3 Å². The number of carbonyl (C=O) groups is 1. The first-order valence-corrected chi connectivity index (χ1v) is 7.31. The summed E-state index contributed by atoms with van der Waals surface area (Å²) in [4.78, 5) is 13.9. The molecule has 0 spiro atoms. The van der Waals surface area contributed by atoms with Crippen LogP contribution in [0.3, 0.4) is 0 Å². The number of hydrogen-bond acceptors (Lipinski definition) is 3. The molecule has 1 heterocycles. The molecular formula is C13H25ClN2O2. The largest absolute Gasteiger partial charge is 0.379 e. The SMILES string of the molecule is CC(C)CC(CNC(=O)CCCl)N1CCOCC1. The summed E-state index contributed by atoms with van der Waals surface area (Å²) in [6.07, 6.45) is 1.50. The van der Waals surface area contributed by atoms with E-state index in [9.17, 15) is 4.79 Å². The number of morpholine rings is 1. The summed E-state index contributed by atoms with van der Waals surface area (Å²) in [6, 6.07) is 0.410. The maximum Gasteiger partial charge on any atom is 0.221 e. The van der Waals surface area contributed by atoms with Crippen LogP contribution in [0.2, 0.25) is 0 Å². The summed E-state index contributed by atoms with van der Waals surface area (Å²) in [5.74, 6) is 1.06. The first kappa shape index (κ1) is 15.7. The third kappa shape index (κ3) is 6.03. The molecule has 0 radical (unpaired) electrons. The smallest absolute Gasteiger partial charge is 0.221 e. The van der Waals surface area contributed by atoms with Crippen LogP contribution in [-0.2, 0) is 9.53 Å². The van der Waals surface area contributed by atoms with Crippen LogP contribution in [0.4, 0.5) is 0 Å². The number of rotatable bonds is 7. The second-order valence-corrected chi connectivity index (χ2v) is 5.55. The maximum absolute atomic E-state index is 11.5. The molecule has 1 saturated heterocycles.